The van der Waals surface area contributed by atoms with Gasteiger partial charge in [-0.3, -0.25) is 0 Å². The standard InChI is InChI=1S/C14H18Cl3NO/c1-13(2)7-11(14(3,4)19-13)18-12-9(16)5-8(15)6-10(12)17/h5-6,11,18H,7H2,1-4H3. The molecule has 1 aromatic rings. The lowest BCUT2D eigenvalue weighted by molar-refractivity contribution is -0.0662. The zero-order chi connectivity index (χ0) is 14.4. The van der Waals surface area contributed by atoms with Crippen LogP contribution in [-0.4, -0.2) is 17.2 Å². The highest BCUT2D eigenvalue weighted by Gasteiger charge is 2.46. The molecule has 1 saturated heterocycles. The van der Waals surface area contributed by atoms with E-state index in [1.54, 1.807) is 12.1 Å². The van der Waals surface area contributed by atoms with E-state index < -0.39 is 0 Å². The van der Waals surface area contributed by atoms with E-state index in [0.717, 1.165) is 6.42 Å². The van der Waals surface area contributed by atoms with Gasteiger partial charge in [0, 0.05) is 5.02 Å². The quantitative estimate of drug-likeness (QED) is 0.786. The Kier molecular flexibility index (Phi) is 4.01. The summed E-state index contributed by atoms with van der Waals surface area (Å²) in [5.74, 6) is 0. The summed E-state index contributed by atoms with van der Waals surface area (Å²) in [6, 6.07) is 3.51. The number of ether oxygens (including phenoxy) is 1. The average Bonchev–Trinajstić information content (AvgIpc) is 2.39. The normalized spacial score (nSPS) is 24.5. The second-order valence-electron chi connectivity index (χ2n) is 6.11. The van der Waals surface area contributed by atoms with E-state index in [-0.39, 0.29) is 17.2 Å². The van der Waals surface area contributed by atoms with Gasteiger partial charge in [-0.25, -0.2) is 0 Å². The number of anilines is 1. The molecule has 1 atom stereocenters. The molecule has 0 bridgehead atoms. The minimum Gasteiger partial charge on any atom is -0.377 e. The lowest BCUT2D eigenvalue weighted by Crippen LogP contribution is -2.38. The molecule has 2 rings (SSSR count). The Morgan fingerprint density at radius 2 is 1.63 bits per heavy atom. The van der Waals surface area contributed by atoms with Crippen LogP contribution < -0.4 is 5.32 Å². The molecule has 0 radical (unpaired) electrons. The van der Waals surface area contributed by atoms with E-state index in [0.29, 0.717) is 20.8 Å². The van der Waals surface area contributed by atoms with Crippen LogP contribution in [0, 0.1) is 0 Å². The third kappa shape index (κ3) is 3.30. The van der Waals surface area contributed by atoms with Crippen molar-refractivity contribution in [2.24, 2.45) is 0 Å². The molecule has 1 N–H and O–H groups in total. The van der Waals surface area contributed by atoms with Gasteiger partial charge in [0.05, 0.1) is 33.0 Å². The van der Waals surface area contributed by atoms with Crippen molar-refractivity contribution in [3.63, 3.8) is 0 Å². The van der Waals surface area contributed by atoms with Crippen LogP contribution in [0.15, 0.2) is 12.1 Å². The van der Waals surface area contributed by atoms with Crippen molar-refractivity contribution in [2.45, 2.75) is 51.4 Å². The molecule has 106 valence electrons. The summed E-state index contributed by atoms with van der Waals surface area (Å²) >= 11 is 18.3. The van der Waals surface area contributed by atoms with Crippen molar-refractivity contribution in [3.05, 3.63) is 27.2 Å². The van der Waals surface area contributed by atoms with Crippen LogP contribution in [0.2, 0.25) is 15.1 Å². The van der Waals surface area contributed by atoms with Gasteiger partial charge in [0.1, 0.15) is 0 Å². The van der Waals surface area contributed by atoms with Crippen LogP contribution in [0.4, 0.5) is 5.69 Å². The van der Waals surface area contributed by atoms with Gasteiger partial charge in [0.15, 0.2) is 0 Å². The topological polar surface area (TPSA) is 21.3 Å². The molecular formula is C14H18Cl3NO. The highest BCUT2D eigenvalue weighted by atomic mass is 35.5. The predicted molar refractivity (Wildman–Crippen MR) is 82.7 cm³/mol. The third-order valence-corrected chi connectivity index (χ3v) is 4.21. The fraction of sp³-hybridized carbons (Fsp3) is 0.571. The molecule has 0 aliphatic carbocycles. The Morgan fingerprint density at radius 1 is 1.11 bits per heavy atom. The van der Waals surface area contributed by atoms with Crippen LogP contribution in [0.3, 0.4) is 0 Å². The smallest absolute Gasteiger partial charge is 0.0834 e. The molecule has 1 unspecified atom stereocenters. The number of benzene rings is 1. The molecule has 1 fully saturated rings. The number of halogens is 3. The molecule has 0 spiro atoms. The number of nitrogens with one attached hydrogen (secondary N) is 1. The maximum absolute atomic E-state index is 6.21. The molecule has 0 aromatic heterocycles. The van der Waals surface area contributed by atoms with Crippen molar-refractivity contribution < 1.29 is 4.74 Å². The SMILES string of the molecule is CC1(C)CC(Nc2c(Cl)cc(Cl)cc2Cl)C(C)(C)O1. The number of hydrogen-bond acceptors (Lipinski definition) is 2. The number of rotatable bonds is 2. The van der Waals surface area contributed by atoms with Crippen molar-refractivity contribution in [1.82, 2.24) is 0 Å². The van der Waals surface area contributed by atoms with E-state index in [1.807, 2.05) is 0 Å². The van der Waals surface area contributed by atoms with Gasteiger partial charge in [-0.1, -0.05) is 34.8 Å². The third-order valence-electron chi connectivity index (χ3n) is 3.40. The lowest BCUT2D eigenvalue weighted by Gasteiger charge is -2.29. The molecule has 1 aliphatic rings. The summed E-state index contributed by atoms with van der Waals surface area (Å²) in [5.41, 5.74) is 0.273. The molecule has 1 aromatic carbocycles. The molecule has 0 saturated carbocycles. The second kappa shape index (κ2) is 5.00. The largest absolute Gasteiger partial charge is 0.377 e. The van der Waals surface area contributed by atoms with E-state index in [1.165, 1.54) is 0 Å². The van der Waals surface area contributed by atoms with Crippen LogP contribution in [-0.2, 0) is 4.74 Å². The Balaban J connectivity index is 2.27. The molecule has 1 aliphatic heterocycles. The van der Waals surface area contributed by atoms with Gasteiger partial charge in [-0.2, -0.15) is 0 Å². The Hall–Kier alpha value is -0.150. The van der Waals surface area contributed by atoms with E-state index in [2.05, 4.69) is 33.0 Å². The first-order valence-corrected chi connectivity index (χ1v) is 7.35. The zero-order valence-electron chi connectivity index (χ0n) is 11.5. The maximum Gasteiger partial charge on any atom is 0.0834 e. The first-order valence-electron chi connectivity index (χ1n) is 6.22. The van der Waals surface area contributed by atoms with Gasteiger partial charge >= 0.3 is 0 Å². The monoisotopic (exact) mass is 321 g/mol. The molecular weight excluding hydrogens is 305 g/mol. The summed E-state index contributed by atoms with van der Waals surface area (Å²) in [7, 11) is 0. The van der Waals surface area contributed by atoms with Gasteiger partial charge in [-0.15, -0.1) is 0 Å². The summed E-state index contributed by atoms with van der Waals surface area (Å²) in [6.45, 7) is 8.30. The zero-order valence-corrected chi connectivity index (χ0v) is 13.7. The summed E-state index contributed by atoms with van der Waals surface area (Å²) < 4.78 is 6.05. The maximum atomic E-state index is 6.21. The van der Waals surface area contributed by atoms with Crippen LogP contribution in [0.5, 0.6) is 0 Å². The van der Waals surface area contributed by atoms with Crippen LogP contribution in [0.25, 0.3) is 0 Å². The fourth-order valence-corrected chi connectivity index (χ4v) is 3.57. The van der Waals surface area contributed by atoms with E-state index >= 15 is 0 Å². The molecule has 1 heterocycles. The van der Waals surface area contributed by atoms with Crippen LogP contribution in [0.1, 0.15) is 34.1 Å². The van der Waals surface area contributed by atoms with Gasteiger partial charge < -0.3 is 10.1 Å². The van der Waals surface area contributed by atoms with Crippen molar-refractivity contribution in [1.29, 1.82) is 0 Å². The first-order chi connectivity index (χ1) is 8.61. The summed E-state index contributed by atoms with van der Waals surface area (Å²) in [5, 5.41) is 4.99. The predicted octanol–water partition coefficient (Wildman–Crippen LogP) is 5.40. The van der Waals surface area contributed by atoms with Gasteiger partial charge in [0.2, 0.25) is 0 Å². The Labute approximate surface area is 129 Å². The van der Waals surface area contributed by atoms with E-state index in [9.17, 15) is 0 Å². The minimum atomic E-state index is -0.282. The minimum absolute atomic E-state index is 0.138. The van der Waals surface area contributed by atoms with Crippen molar-refractivity contribution in [3.8, 4) is 0 Å². The Bertz CT molecular complexity index is 476. The molecule has 2 nitrogen and oxygen atoms in total. The molecule has 19 heavy (non-hydrogen) atoms. The lowest BCUT2D eigenvalue weighted by atomic mass is 9.94. The van der Waals surface area contributed by atoms with E-state index in [4.69, 9.17) is 39.5 Å². The van der Waals surface area contributed by atoms with Gasteiger partial charge in [-0.05, 0) is 46.2 Å². The summed E-state index contributed by atoms with van der Waals surface area (Å²) in [4.78, 5) is 0. The number of hydrogen-bond donors (Lipinski definition) is 1. The second-order valence-corrected chi connectivity index (χ2v) is 7.36. The molecule has 5 heteroatoms. The highest BCUT2D eigenvalue weighted by Crippen LogP contribution is 2.41. The highest BCUT2D eigenvalue weighted by molar-refractivity contribution is 6.41. The first kappa shape index (κ1) is 15.2. The van der Waals surface area contributed by atoms with Gasteiger partial charge in [0.25, 0.3) is 0 Å². The van der Waals surface area contributed by atoms with Crippen LogP contribution >= 0.6 is 34.8 Å². The average molecular weight is 323 g/mol. The summed E-state index contributed by atoms with van der Waals surface area (Å²) in [6.07, 6.45) is 0.884. The molecule has 0 amide bonds. The Morgan fingerprint density at radius 3 is 2.05 bits per heavy atom. The van der Waals surface area contributed by atoms with Crippen molar-refractivity contribution >= 4 is 40.5 Å². The van der Waals surface area contributed by atoms with Crippen molar-refractivity contribution in [2.75, 3.05) is 5.32 Å². The fourth-order valence-electron chi connectivity index (χ4n) is 2.64.